The summed E-state index contributed by atoms with van der Waals surface area (Å²) < 4.78 is 11.3. The summed E-state index contributed by atoms with van der Waals surface area (Å²) in [5.41, 5.74) is 1.43. The second-order valence-electron chi connectivity index (χ2n) is 5.69. The van der Waals surface area contributed by atoms with E-state index in [-0.39, 0.29) is 11.8 Å². The molecule has 2 aromatic heterocycles. The van der Waals surface area contributed by atoms with Crippen molar-refractivity contribution in [3.05, 3.63) is 81.8 Å². The van der Waals surface area contributed by atoms with Crippen LogP contribution in [0.1, 0.15) is 5.56 Å². The van der Waals surface area contributed by atoms with Gasteiger partial charge in [-0.1, -0.05) is 23.7 Å². The van der Waals surface area contributed by atoms with Gasteiger partial charge >= 0.3 is 5.63 Å². The summed E-state index contributed by atoms with van der Waals surface area (Å²) >= 11 is 5.90. The number of aryl methyl sites for hydroxylation is 1. The summed E-state index contributed by atoms with van der Waals surface area (Å²) in [5.74, 6) is 1.01. The van der Waals surface area contributed by atoms with E-state index in [0.29, 0.717) is 27.2 Å². The molecule has 0 saturated heterocycles. The van der Waals surface area contributed by atoms with Crippen LogP contribution in [-0.2, 0) is 0 Å². The maximum atomic E-state index is 12.4. The Morgan fingerprint density at radius 2 is 1.85 bits per heavy atom. The van der Waals surface area contributed by atoms with E-state index in [1.54, 1.807) is 48.7 Å². The Kier molecular flexibility index (Phi) is 4.14. The molecule has 128 valence electrons. The highest BCUT2D eigenvalue weighted by molar-refractivity contribution is 6.30. The predicted molar refractivity (Wildman–Crippen MR) is 99.8 cm³/mol. The molecule has 0 saturated carbocycles. The minimum absolute atomic E-state index is 0.158. The fourth-order valence-corrected chi connectivity index (χ4v) is 2.77. The van der Waals surface area contributed by atoms with Crippen LogP contribution in [0.25, 0.3) is 22.4 Å². The molecule has 0 bridgehead atoms. The number of rotatable bonds is 3. The smallest absolute Gasteiger partial charge is 0.347 e. The zero-order valence-corrected chi connectivity index (χ0v) is 14.5. The van der Waals surface area contributed by atoms with Crippen LogP contribution in [-0.4, -0.2) is 9.97 Å². The van der Waals surface area contributed by atoms with E-state index in [4.69, 9.17) is 20.8 Å². The molecule has 26 heavy (non-hydrogen) atoms. The Hall–Kier alpha value is -3.18. The van der Waals surface area contributed by atoms with Crippen LogP contribution < -0.4 is 10.4 Å². The van der Waals surface area contributed by atoms with Gasteiger partial charge in [-0.15, -0.1) is 0 Å². The first-order valence-electron chi connectivity index (χ1n) is 7.91. The molecule has 2 aromatic carbocycles. The monoisotopic (exact) mass is 364 g/mol. The fourth-order valence-electron chi connectivity index (χ4n) is 2.65. The zero-order chi connectivity index (χ0) is 18.1. The number of halogens is 1. The van der Waals surface area contributed by atoms with E-state index < -0.39 is 5.63 Å². The van der Waals surface area contributed by atoms with Crippen molar-refractivity contribution in [1.29, 1.82) is 0 Å². The average Bonchev–Trinajstić information content (AvgIpc) is 2.64. The highest BCUT2D eigenvalue weighted by atomic mass is 35.5. The lowest BCUT2D eigenvalue weighted by Gasteiger charge is -2.09. The van der Waals surface area contributed by atoms with Crippen molar-refractivity contribution in [1.82, 2.24) is 9.97 Å². The van der Waals surface area contributed by atoms with Crippen LogP contribution in [0, 0.1) is 6.92 Å². The molecule has 0 aliphatic rings. The van der Waals surface area contributed by atoms with Crippen LogP contribution in [0.4, 0.5) is 0 Å². The molecule has 4 aromatic rings. The number of ether oxygens (including phenoxy) is 1. The molecule has 6 heteroatoms. The number of aromatic nitrogens is 2. The van der Waals surface area contributed by atoms with Crippen LogP contribution in [0.15, 0.2) is 70.0 Å². The number of hydrogen-bond acceptors (Lipinski definition) is 5. The highest BCUT2D eigenvalue weighted by Gasteiger charge is 2.15. The van der Waals surface area contributed by atoms with Crippen LogP contribution in [0.2, 0.25) is 5.02 Å². The molecule has 0 N–H and O–H groups in total. The van der Waals surface area contributed by atoms with Gasteiger partial charge in [-0.2, -0.15) is 0 Å². The molecule has 5 nitrogen and oxygen atoms in total. The number of nitrogens with zero attached hydrogens (tertiary/aromatic N) is 2. The molecule has 4 rings (SSSR count). The van der Waals surface area contributed by atoms with Gasteiger partial charge in [0.2, 0.25) is 11.8 Å². The average molecular weight is 365 g/mol. The summed E-state index contributed by atoms with van der Waals surface area (Å²) in [6.45, 7) is 1.85. The lowest BCUT2D eigenvalue weighted by molar-refractivity contribution is 0.457. The van der Waals surface area contributed by atoms with E-state index in [9.17, 15) is 4.79 Å². The molecule has 0 amide bonds. The summed E-state index contributed by atoms with van der Waals surface area (Å²) in [5, 5.41) is 1.08. The van der Waals surface area contributed by atoms with Crippen molar-refractivity contribution in [2.24, 2.45) is 0 Å². The largest absolute Gasteiger partial charge is 0.438 e. The van der Waals surface area contributed by atoms with Gasteiger partial charge in [0.05, 0.1) is 16.5 Å². The maximum Gasteiger partial charge on any atom is 0.347 e. The predicted octanol–water partition coefficient (Wildman–Crippen LogP) is 5.00. The quantitative estimate of drug-likeness (QED) is 0.511. The minimum atomic E-state index is -0.440. The van der Waals surface area contributed by atoms with Crippen molar-refractivity contribution < 1.29 is 9.15 Å². The van der Waals surface area contributed by atoms with Crippen LogP contribution >= 0.6 is 11.6 Å². The number of hydrogen-bond donors (Lipinski definition) is 0. The maximum absolute atomic E-state index is 12.4. The second kappa shape index (κ2) is 6.61. The van der Waals surface area contributed by atoms with E-state index in [1.807, 2.05) is 19.1 Å². The van der Waals surface area contributed by atoms with Gasteiger partial charge < -0.3 is 9.15 Å². The molecule has 0 radical (unpaired) electrons. The lowest BCUT2D eigenvalue weighted by atomic mass is 10.1. The van der Waals surface area contributed by atoms with E-state index in [2.05, 4.69) is 9.97 Å². The van der Waals surface area contributed by atoms with Gasteiger partial charge in [0.25, 0.3) is 0 Å². The van der Waals surface area contributed by atoms with Crippen molar-refractivity contribution in [2.75, 3.05) is 0 Å². The normalized spacial score (nSPS) is 10.8. The molecular formula is C20H13ClN2O3. The Bertz CT molecular complexity index is 1150. The topological polar surface area (TPSA) is 65.2 Å². The van der Waals surface area contributed by atoms with Crippen molar-refractivity contribution in [2.45, 2.75) is 6.92 Å². The van der Waals surface area contributed by atoms with Crippen LogP contribution in [0.5, 0.6) is 11.6 Å². The molecule has 0 aliphatic carbocycles. The van der Waals surface area contributed by atoms with Crippen LogP contribution in [0.3, 0.4) is 0 Å². The third kappa shape index (κ3) is 3.05. The molecule has 0 fully saturated rings. The third-order valence-corrected chi connectivity index (χ3v) is 4.15. The SMILES string of the molecule is Cc1cccc2nc(-c3cccnc3Oc3ccc(Cl)cc3)oc(=O)c12. The molecule has 0 atom stereocenters. The van der Waals surface area contributed by atoms with Gasteiger partial charge in [-0.3, -0.25) is 0 Å². The number of pyridine rings is 1. The van der Waals surface area contributed by atoms with E-state index in [0.717, 1.165) is 5.56 Å². The van der Waals surface area contributed by atoms with Crippen molar-refractivity contribution >= 4 is 22.5 Å². The first-order valence-corrected chi connectivity index (χ1v) is 8.29. The summed E-state index contributed by atoms with van der Waals surface area (Å²) in [6.07, 6.45) is 1.60. The van der Waals surface area contributed by atoms with Gasteiger partial charge in [0.15, 0.2) is 0 Å². The van der Waals surface area contributed by atoms with Gasteiger partial charge in [0, 0.05) is 11.2 Å². The summed E-state index contributed by atoms with van der Waals surface area (Å²) in [6, 6.07) is 15.8. The Labute approximate surface area is 153 Å². The zero-order valence-electron chi connectivity index (χ0n) is 13.8. The Morgan fingerprint density at radius 3 is 2.65 bits per heavy atom. The van der Waals surface area contributed by atoms with E-state index >= 15 is 0 Å². The summed E-state index contributed by atoms with van der Waals surface area (Å²) in [7, 11) is 0. The van der Waals surface area contributed by atoms with Crippen molar-refractivity contribution in [3.8, 4) is 23.1 Å². The molecule has 0 spiro atoms. The van der Waals surface area contributed by atoms with Gasteiger partial charge in [-0.05, 0) is 55.0 Å². The van der Waals surface area contributed by atoms with E-state index in [1.165, 1.54) is 0 Å². The summed E-state index contributed by atoms with van der Waals surface area (Å²) in [4.78, 5) is 21.1. The highest BCUT2D eigenvalue weighted by Crippen LogP contribution is 2.31. The fraction of sp³-hybridized carbons (Fsp3) is 0.0500. The first-order chi connectivity index (χ1) is 12.6. The standard InChI is InChI=1S/C20H13ClN2O3/c1-12-4-2-6-16-17(12)20(24)26-19(23-16)15-5-3-11-22-18(15)25-14-9-7-13(21)8-10-14/h2-11H,1H3. The molecular weight excluding hydrogens is 352 g/mol. The Morgan fingerprint density at radius 1 is 1.04 bits per heavy atom. The third-order valence-electron chi connectivity index (χ3n) is 3.90. The van der Waals surface area contributed by atoms with Crippen molar-refractivity contribution in [3.63, 3.8) is 0 Å². The minimum Gasteiger partial charge on any atom is -0.438 e. The second-order valence-corrected chi connectivity index (χ2v) is 6.12. The molecule has 2 heterocycles. The first kappa shape index (κ1) is 16.3. The lowest BCUT2D eigenvalue weighted by Crippen LogP contribution is -2.05. The Balaban J connectivity index is 1.83. The van der Waals surface area contributed by atoms with Gasteiger partial charge in [-0.25, -0.2) is 14.8 Å². The molecule has 0 aliphatic heterocycles. The van der Waals surface area contributed by atoms with Gasteiger partial charge in [0.1, 0.15) is 5.75 Å². The number of fused-ring (bicyclic) bond motifs is 1. The molecule has 0 unspecified atom stereocenters. The number of benzene rings is 2.